The van der Waals surface area contributed by atoms with E-state index in [1.54, 1.807) is 0 Å². The third-order valence-electron chi connectivity index (χ3n) is 3.37. The summed E-state index contributed by atoms with van der Waals surface area (Å²) in [5, 5.41) is 0.883. The molecule has 3 heteroatoms. The van der Waals surface area contributed by atoms with Crippen LogP contribution in [0.2, 0.25) is 0 Å². The molecule has 0 radical (unpaired) electrons. The predicted octanol–water partition coefficient (Wildman–Crippen LogP) is 5.04. The van der Waals surface area contributed by atoms with Gasteiger partial charge in [0.25, 0.3) is 0 Å². The van der Waals surface area contributed by atoms with Crippen molar-refractivity contribution in [3.63, 3.8) is 0 Å². The van der Waals surface area contributed by atoms with Crippen molar-refractivity contribution in [2.75, 3.05) is 11.4 Å². The fraction of sp³-hybridized carbons (Fsp3) is 0.200. The van der Waals surface area contributed by atoms with E-state index in [2.05, 4.69) is 79.2 Å². The monoisotopic (exact) mass is 365 g/mol. The van der Waals surface area contributed by atoms with Crippen molar-refractivity contribution in [2.24, 2.45) is 0 Å². The van der Waals surface area contributed by atoms with Crippen molar-refractivity contribution in [1.29, 1.82) is 0 Å². The number of para-hydroxylation sites is 1. The second kappa shape index (κ2) is 5.06. The minimum absolute atomic E-state index is 0.883. The largest absolute Gasteiger partial charge is 0.341 e. The van der Waals surface area contributed by atoms with Gasteiger partial charge in [0.1, 0.15) is 0 Å². The molecular weight excluding hydrogens is 354 g/mol. The summed E-state index contributed by atoms with van der Waals surface area (Å²) in [6.45, 7) is 1.07. The van der Waals surface area contributed by atoms with E-state index in [4.69, 9.17) is 0 Å². The van der Waals surface area contributed by atoms with Crippen LogP contribution in [0.3, 0.4) is 0 Å². The van der Waals surface area contributed by atoms with Crippen LogP contribution in [0.1, 0.15) is 11.1 Å². The molecule has 0 fully saturated rings. The maximum absolute atomic E-state index is 3.58. The molecule has 1 nitrogen and oxygen atoms in total. The minimum atomic E-state index is 0.883. The summed E-state index contributed by atoms with van der Waals surface area (Å²) >= 11 is 7.15. The van der Waals surface area contributed by atoms with E-state index in [9.17, 15) is 0 Å². The molecule has 3 rings (SSSR count). The number of hydrogen-bond donors (Lipinski definition) is 0. The molecule has 1 aliphatic heterocycles. The number of nitrogens with zero attached hydrogens (tertiary/aromatic N) is 1. The molecule has 18 heavy (non-hydrogen) atoms. The molecule has 2 aromatic rings. The molecule has 0 atom stereocenters. The van der Waals surface area contributed by atoms with Crippen molar-refractivity contribution in [2.45, 2.75) is 11.8 Å². The van der Waals surface area contributed by atoms with Crippen LogP contribution in [0.25, 0.3) is 0 Å². The lowest BCUT2D eigenvalue weighted by Crippen LogP contribution is -2.14. The molecule has 2 aromatic carbocycles. The van der Waals surface area contributed by atoms with Crippen molar-refractivity contribution in [1.82, 2.24) is 0 Å². The summed E-state index contributed by atoms with van der Waals surface area (Å²) < 4.78 is 1.13. The van der Waals surface area contributed by atoms with E-state index < -0.39 is 0 Å². The highest BCUT2D eigenvalue weighted by Gasteiger charge is 2.21. The minimum Gasteiger partial charge on any atom is -0.341 e. The van der Waals surface area contributed by atoms with E-state index in [1.165, 1.54) is 22.5 Å². The topological polar surface area (TPSA) is 3.24 Å². The standard InChI is InChI=1S/C15H13Br2N/c16-10-12-5-6-13(17)9-15(12)18-8-7-11-3-1-2-4-14(11)18/h1-6,9H,7-8,10H2. The molecule has 0 saturated carbocycles. The van der Waals surface area contributed by atoms with Gasteiger partial charge >= 0.3 is 0 Å². The number of anilines is 2. The predicted molar refractivity (Wildman–Crippen MR) is 83.9 cm³/mol. The second-order valence-electron chi connectivity index (χ2n) is 4.44. The van der Waals surface area contributed by atoms with Crippen LogP contribution in [0, 0.1) is 0 Å². The Balaban J connectivity index is 2.09. The molecule has 0 bridgehead atoms. The van der Waals surface area contributed by atoms with Gasteiger partial charge in [-0.15, -0.1) is 0 Å². The summed E-state index contributed by atoms with van der Waals surface area (Å²) in [6, 6.07) is 15.1. The summed E-state index contributed by atoms with van der Waals surface area (Å²) in [5.74, 6) is 0. The van der Waals surface area contributed by atoms with Crippen LogP contribution in [0.4, 0.5) is 11.4 Å². The van der Waals surface area contributed by atoms with Gasteiger partial charge in [-0.05, 0) is 35.7 Å². The molecule has 1 aliphatic rings. The Morgan fingerprint density at radius 3 is 2.72 bits per heavy atom. The van der Waals surface area contributed by atoms with Gasteiger partial charge in [0.05, 0.1) is 0 Å². The van der Waals surface area contributed by atoms with E-state index in [0.29, 0.717) is 0 Å². The first-order valence-corrected chi connectivity index (χ1v) is 7.91. The van der Waals surface area contributed by atoms with Gasteiger partial charge in [0.2, 0.25) is 0 Å². The smallest absolute Gasteiger partial charge is 0.0463 e. The zero-order valence-electron chi connectivity index (χ0n) is 9.87. The van der Waals surface area contributed by atoms with Crippen LogP contribution >= 0.6 is 31.9 Å². The third kappa shape index (κ3) is 2.10. The number of hydrogen-bond acceptors (Lipinski definition) is 1. The average Bonchev–Trinajstić information content (AvgIpc) is 2.82. The van der Waals surface area contributed by atoms with Gasteiger partial charge in [-0.3, -0.25) is 0 Å². The highest BCUT2D eigenvalue weighted by molar-refractivity contribution is 9.10. The number of halogens is 2. The quantitative estimate of drug-likeness (QED) is 0.673. The lowest BCUT2D eigenvalue weighted by molar-refractivity contribution is 0.991. The number of alkyl halides is 1. The van der Waals surface area contributed by atoms with E-state index in [1.807, 2.05) is 0 Å². The zero-order chi connectivity index (χ0) is 12.5. The fourth-order valence-electron chi connectivity index (χ4n) is 2.49. The fourth-order valence-corrected chi connectivity index (χ4v) is 3.31. The number of benzene rings is 2. The Hall–Kier alpha value is -0.800. The Labute approximate surface area is 124 Å². The molecule has 92 valence electrons. The molecular formula is C15H13Br2N. The second-order valence-corrected chi connectivity index (χ2v) is 5.91. The van der Waals surface area contributed by atoms with Gasteiger partial charge in [-0.25, -0.2) is 0 Å². The van der Waals surface area contributed by atoms with Gasteiger partial charge < -0.3 is 4.90 Å². The lowest BCUT2D eigenvalue weighted by atomic mass is 10.1. The van der Waals surface area contributed by atoms with Crippen molar-refractivity contribution in [3.8, 4) is 0 Å². The SMILES string of the molecule is BrCc1ccc(Br)cc1N1CCc2ccccc21. The molecule has 0 aromatic heterocycles. The van der Waals surface area contributed by atoms with E-state index in [0.717, 1.165) is 22.8 Å². The first-order chi connectivity index (χ1) is 8.79. The van der Waals surface area contributed by atoms with Crippen molar-refractivity contribution < 1.29 is 0 Å². The number of fused-ring (bicyclic) bond motifs is 1. The van der Waals surface area contributed by atoms with Gasteiger partial charge in [-0.1, -0.05) is 56.1 Å². The van der Waals surface area contributed by atoms with Gasteiger partial charge in [0.15, 0.2) is 0 Å². The van der Waals surface area contributed by atoms with Crippen molar-refractivity contribution >= 4 is 43.2 Å². The molecule has 0 N–H and O–H groups in total. The molecule has 0 aliphatic carbocycles. The summed E-state index contributed by atoms with van der Waals surface area (Å²) in [5.41, 5.74) is 5.41. The molecule has 0 spiro atoms. The van der Waals surface area contributed by atoms with Gasteiger partial charge in [-0.2, -0.15) is 0 Å². The molecule has 0 unspecified atom stereocenters. The average molecular weight is 367 g/mol. The normalized spacial score (nSPS) is 13.8. The van der Waals surface area contributed by atoms with Crippen LogP contribution in [-0.4, -0.2) is 6.54 Å². The van der Waals surface area contributed by atoms with Crippen LogP contribution < -0.4 is 4.90 Å². The summed E-state index contributed by atoms with van der Waals surface area (Å²) in [6.07, 6.45) is 1.13. The number of rotatable bonds is 2. The maximum Gasteiger partial charge on any atom is 0.0463 e. The highest BCUT2D eigenvalue weighted by Crippen LogP contribution is 2.37. The van der Waals surface area contributed by atoms with Crippen LogP contribution in [-0.2, 0) is 11.8 Å². The Morgan fingerprint density at radius 2 is 1.89 bits per heavy atom. The molecule has 1 heterocycles. The first-order valence-electron chi connectivity index (χ1n) is 5.99. The summed E-state index contributed by atoms with van der Waals surface area (Å²) in [4.78, 5) is 2.41. The summed E-state index contributed by atoms with van der Waals surface area (Å²) in [7, 11) is 0. The first kappa shape index (κ1) is 12.2. The zero-order valence-corrected chi connectivity index (χ0v) is 13.0. The Morgan fingerprint density at radius 1 is 1.06 bits per heavy atom. The van der Waals surface area contributed by atoms with Gasteiger partial charge in [0, 0.05) is 27.7 Å². The van der Waals surface area contributed by atoms with E-state index >= 15 is 0 Å². The third-order valence-corrected chi connectivity index (χ3v) is 4.47. The van der Waals surface area contributed by atoms with E-state index in [-0.39, 0.29) is 0 Å². The highest BCUT2D eigenvalue weighted by atomic mass is 79.9. The Kier molecular flexibility index (Phi) is 3.44. The Bertz CT molecular complexity index is 580. The maximum atomic E-state index is 3.58. The van der Waals surface area contributed by atoms with Crippen LogP contribution in [0.5, 0.6) is 0 Å². The molecule has 0 saturated heterocycles. The van der Waals surface area contributed by atoms with Crippen LogP contribution in [0.15, 0.2) is 46.9 Å². The molecule has 0 amide bonds. The lowest BCUT2D eigenvalue weighted by Gasteiger charge is -2.22. The van der Waals surface area contributed by atoms with Crippen molar-refractivity contribution in [3.05, 3.63) is 58.1 Å².